The molecule has 1 atom stereocenters. The number of hydrogen-bond acceptors (Lipinski definition) is 4. The summed E-state index contributed by atoms with van der Waals surface area (Å²) in [7, 11) is 0. The number of anilines is 1. The van der Waals surface area contributed by atoms with Crippen LogP contribution in [0.4, 0.5) is 10.1 Å². The van der Waals surface area contributed by atoms with Crippen LogP contribution in [0.25, 0.3) is 0 Å². The van der Waals surface area contributed by atoms with Crippen LogP contribution in [0.15, 0.2) is 24.3 Å². The average Bonchev–Trinajstić information content (AvgIpc) is 3.06. The fourth-order valence-corrected chi connectivity index (χ4v) is 4.22. The predicted octanol–water partition coefficient (Wildman–Crippen LogP) is 4.51. The number of esters is 1. The maximum absolute atomic E-state index is 13.5. The fraction of sp³-hybridized carbons (Fsp3) is 0.400. The van der Waals surface area contributed by atoms with Gasteiger partial charge in [0, 0.05) is 10.6 Å². The lowest BCUT2D eigenvalue weighted by molar-refractivity contribution is -0.119. The Morgan fingerprint density at radius 2 is 2.15 bits per heavy atom. The van der Waals surface area contributed by atoms with E-state index in [1.54, 1.807) is 19.1 Å². The van der Waals surface area contributed by atoms with Gasteiger partial charge < -0.3 is 10.1 Å². The van der Waals surface area contributed by atoms with E-state index in [-0.39, 0.29) is 0 Å². The van der Waals surface area contributed by atoms with Crippen LogP contribution in [0.2, 0.25) is 0 Å². The lowest BCUT2D eigenvalue weighted by Gasteiger charge is -2.19. The van der Waals surface area contributed by atoms with E-state index in [1.807, 2.05) is 6.07 Å². The van der Waals surface area contributed by atoms with Gasteiger partial charge >= 0.3 is 5.97 Å². The third-order valence-corrected chi connectivity index (χ3v) is 5.97. The van der Waals surface area contributed by atoms with Gasteiger partial charge in [0.1, 0.15) is 10.7 Å². The molecule has 26 heavy (non-hydrogen) atoms. The summed E-state index contributed by atoms with van der Waals surface area (Å²) in [5.41, 5.74) is 2.08. The van der Waals surface area contributed by atoms with Gasteiger partial charge in [0.25, 0.3) is 5.91 Å². The number of fused-ring (bicyclic) bond motifs is 1. The van der Waals surface area contributed by atoms with Crippen LogP contribution in [-0.2, 0) is 22.4 Å². The van der Waals surface area contributed by atoms with Crippen molar-refractivity contribution in [1.29, 1.82) is 0 Å². The van der Waals surface area contributed by atoms with Gasteiger partial charge in [-0.25, -0.2) is 9.18 Å². The van der Waals surface area contributed by atoms with Crippen LogP contribution in [0.3, 0.4) is 0 Å². The molecule has 1 aromatic carbocycles. The van der Waals surface area contributed by atoms with E-state index < -0.39 is 24.3 Å². The predicted molar refractivity (Wildman–Crippen MR) is 100 cm³/mol. The van der Waals surface area contributed by atoms with Gasteiger partial charge in [-0.3, -0.25) is 4.79 Å². The first-order chi connectivity index (χ1) is 12.5. The molecule has 1 amide bonds. The van der Waals surface area contributed by atoms with Crippen LogP contribution in [-0.4, -0.2) is 18.5 Å². The Morgan fingerprint density at radius 1 is 1.35 bits per heavy atom. The van der Waals surface area contributed by atoms with Crippen LogP contribution in [0, 0.1) is 18.7 Å². The molecule has 1 aromatic heterocycles. The highest BCUT2D eigenvalue weighted by molar-refractivity contribution is 7.14. The molecule has 138 valence electrons. The summed E-state index contributed by atoms with van der Waals surface area (Å²) in [5, 5.41) is 2.53. The molecule has 0 saturated heterocycles. The molecule has 1 N–H and O–H groups in total. The van der Waals surface area contributed by atoms with E-state index in [1.165, 1.54) is 27.8 Å². The molecular weight excluding hydrogens is 353 g/mol. The van der Waals surface area contributed by atoms with E-state index in [4.69, 9.17) is 4.74 Å². The van der Waals surface area contributed by atoms with Gasteiger partial charge in [0.15, 0.2) is 6.61 Å². The molecule has 0 bridgehead atoms. The van der Waals surface area contributed by atoms with Crippen molar-refractivity contribution in [2.75, 3.05) is 11.9 Å². The van der Waals surface area contributed by atoms with Crippen LogP contribution in [0.5, 0.6) is 0 Å². The van der Waals surface area contributed by atoms with Crippen molar-refractivity contribution in [3.8, 4) is 0 Å². The number of benzene rings is 1. The molecule has 1 aliphatic carbocycles. The number of nitrogens with one attached hydrogen (secondary N) is 1. The summed E-state index contributed by atoms with van der Waals surface area (Å²) < 4.78 is 18.6. The summed E-state index contributed by atoms with van der Waals surface area (Å²) in [6.07, 6.45) is 4.32. The number of hydrogen-bond donors (Lipinski definition) is 1. The second-order valence-electron chi connectivity index (χ2n) is 6.66. The first-order valence-electron chi connectivity index (χ1n) is 8.81. The van der Waals surface area contributed by atoms with Crippen molar-refractivity contribution in [2.24, 2.45) is 5.92 Å². The van der Waals surface area contributed by atoms with Gasteiger partial charge in [-0.05, 0) is 61.4 Å². The molecule has 2 aromatic rings. The van der Waals surface area contributed by atoms with Crippen LogP contribution < -0.4 is 5.32 Å². The first kappa shape index (κ1) is 18.6. The number of aryl methyl sites for hydroxylation is 2. The smallest absolute Gasteiger partial charge is 0.348 e. The summed E-state index contributed by atoms with van der Waals surface area (Å²) in [6.45, 7) is 3.44. The molecule has 1 aliphatic rings. The Kier molecular flexibility index (Phi) is 5.71. The molecule has 1 heterocycles. The van der Waals surface area contributed by atoms with Crippen molar-refractivity contribution < 1.29 is 18.7 Å². The van der Waals surface area contributed by atoms with E-state index in [0.29, 0.717) is 22.0 Å². The zero-order valence-corrected chi connectivity index (χ0v) is 15.7. The second-order valence-corrected chi connectivity index (χ2v) is 7.80. The van der Waals surface area contributed by atoms with Crippen LogP contribution >= 0.6 is 11.3 Å². The summed E-state index contributed by atoms with van der Waals surface area (Å²) in [5.74, 6) is -0.687. The van der Waals surface area contributed by atoms with E-state index in [0.717, 1.165) is 25.7 Å². The van der Waals surface area contributed by atoms with Gasteiger partial charge in [0.05, 0.1) is 0 Å². The van der Waals surface area contributed by atoms with Gasteiger partial charge in [-0.15, -0.1) is 11.3 Å². The maximum Gasteiger partial charge on any atom is 0.348 e. The summed E-state index contributed by atoms with van der Waals surface area (Å²) in [6, 6.07) is 6.33. The lowest BCUT2D eigenvalue weighted by Crippen LogP contribution is -2.20. The van der Waals surface area contributed by atoms with Crippen molar-refractivity contribution in [2.45, 2.75) is 39.5 Å². The number of carbonyl (C=O) groups is 2. The van der Waals surface area contributed by atoms with Crippen molar-refractivity contribution in [3.63, 3.8) is 0 Å². The monoisotopic (exact) mass is 375 g/mol. The minimum absolute atomic E-state index is 0.339. The standard InChI is InChI=1S/C20H22FNO3S/c1-3-13-5-7-17-14(8-13)9-18(26-17)20(24)25-11-19(23)22-15-6-4-12(2)16(21)10-15/h4,6,9-10,13H,3,5,7-8,11H2,1-2H3,(H,22,23)/t13-/m1/s1. The Hall–Kier alpha value is -2.21. The second kappa shape index (κ2) is 7.99. The molecule has 0 fully saturated rings. The van der Waals surface area contributed by atoms with Gasteiger partial charge in [0.2, 0.25) is 0 Å². The largest absolute Gasteiger partial charge is 0.451 e. The Balaban J connectivity index is 1.54. The highest BCUT2D eigenvalue weighted by atomic mass is 32.1. The van der Waals surface area contributed by atoms with Crippen LogP contribution in [0.1, 0.15) is 45.4 Å². The van der Waals surface area contributed by atoms with Gasteiger partial charge in [-0.1, -0.05) is 19.4 Å². The molecule has 0 spiro atoms. The minimum Gasteiger partial charge on any atom is -0.451 e. The lowest BCUT2D eigenvalue weighted by atomic mass is 9.87. The average molecular weight is 375 g/mol. The minimum atomic E-state index is -0.492. The number of amides is 1. The van der Waals surface area contributed by atoms with E-state index in [2.05, 4.69) is 12.2 Å². The van der Waals surface area contributed by atoms with Gasteiger partial charge in [-0.2, -0.15) is 0 Å². The van der Waals surface area contributed by atoms with E-state index >= 15 is 0 Å². The summed E-state index contributed by atoms with van der Waals surface area (Å²) >= 11 is 1.46. The molecule has 4 nitrogen and oxygen atoms in total. The topological polar surface area (TPSA) is 55.4 Å². The molecule has 3 rings (SSSR count). The van der Waals surface area contributed by atoms with Crippen molar-refractivity contribution in [1.82, 2.24) is 0 Å². The highest BCUT2D eigenvalue weighted by Gasteiger charge is 2.23. The number of rotatable bonds is 5. The molecule has 0 radical (unpaired) electrons. The normalized spacial score (nSPS) is 16.0. The number of ether oxygens (including phenoxy) is 1. The van der Waals surface area contributed by atoms with Crippen molar-refractivity contribution in [3.05, 3.63) is 51.0 Å². The Morgan fingerprint density at radius 3 is 2.88 bits per heavy atom. The van der Waals surface area contributed by atoms with Crippen molar-refractivity contribution >= 4 is 28.9 Å². The Labute approximate surface area is 156 Å². The molecule has 6 heteroatoms. The van der Waals surface area contributed by atoms with E-state index in [9.17, 15) is 14.0 Å². The number of carbonyl (C=O) groups excluding carboxylic acids is 2. The SMILES string of the molecule is CC[C@@H]1CCc2sc(C(=O)OCC(=O)Nc3ccc(C)c(F)c3)cc2C1. The number of halogens is 1. The third kappa shape index (κ3) is 4.30. The zero-order chi connectivity index (χ0) is 18.7. The molecule has 0 aliphatic heterocycles. The molecular formula is C20H22FNO3S. The Bertz CT molecular complexity index is 830. The first-order valence-corrected chi connectivity index (χ1v) is 9.62. The molecule has 0 unspecified atom stereocenters. The quantitative estimate of drug-likeness (QED) is 0.783. The zero-order valence-electron chi connectivity index (χ0n) is 14.9. The third-order valence-electron chi connectivity index (χ3n) is 4.75. The molecule has 0 saturated carbocycles. The fourth-order valence-electron chi connectivity index (χ4n) is 3.12. The summed E-state index contributed by atoms with van der Waals surface area (Å²) in [4.78, 5) is 25.9. The number of thiophene rings is 1. The maximum atomic E-state index is 13.5. The highest BCUT2D eigenvalue weighted by Crippen LogP contribution is 2.33.